The van der Waals surface area contributed by atoms with E-state index in [4.69, 9.17) is 4.74 Å². The average Bonchev–Trinajstić information content (AvgIpc) is 2.35. The van der Waals surface area contributed by atoms with Gasteiger partial charge >= 0.3 is 0 Å². The molecular formula is C12H13BrF2OS. The smallest absolute Gasteiger partial charge is 0.144 e. The Morgan fingerprint density at radius 2 is 2.00 bits per heavy atom. The Balaban J connectivity index is 2.00. The van der Waals surface area contributed by atoms with Gasteiger partial charge in [0, 0.05) is 29.8 Å². The summed E-state index contributed by atoms with van der Waals surface area (Å²) in [4.78, 5) is 0. The van der Waals surface area contributed by atoms with Gasteiger partial charge < -0.3 is 4.74 Å². The largest absolute Gasteiger partial charge is 0.381 e. The second-order valence-corrected chi connectivity index (χ2v) is 6.09. The van der Waals surface area contributed by atoms with Crippen LogP contribution < -0.4 is 0 Å². The van der Waals surface area contributed by atoms with Crippen LogP contribution in [0.25, 0.3) is 0 Å². The van der Waals surface area contributed by atoms with Gasteiger partial charge in [-0.2, -0.15) is 11.8 Å². The van der Waals surface area contributed by atoms with Gasteiger partial charge in [0.15, 0.2) is 0 Å². The first kappa shape index (κ1) is 13.3. The maximum Gasteiger partial charge on any atom is 0.144 e. The molecule has 1 aromatic carbocycles. The van der Waals surface area contributed by atoms with Gasteiger partial charge in [0.05, 0.1) is 4.47 Å². The van der Waals surface area contributed by atoms with E-state index in [-0.39, 0.29) is 5.56 Å². The maximum absolute atomic E-state index is 13.7. The Kier molecular flexibility index (Phi) is 4.82. The van der Waals surface area contributed by atoms with Crippen LogP contribution in [-0.4, -0.2) is 18.5 Å². The second-order valence-electron chi connectivity index (χ2n) is 3.94. The van der Waals surface area contributed by atoms with Crippen LogP contribution in [0.2, 0.25) is 0 Å². The topological polar surface area (TPSA) is 9.23 Å². The minimum Gasteiger partial charge on any atom is -0.381 e. The van der Waals surface area contributed by atoms with Crippen LogP contribution in [0.4, 0.5) is 8.78 Å². The van der Waals surface area contributed by atoms with Gasteiger partial charge in [-0.05, 0) is 40.9 Å². The highest BCUT2D eigenvalue weighted by Gasteiger charge is 2.17. The number of benzene rings is 1. The van der Waals surface area contributed by atoms with Gasteiger partial charge in [-0.15, -0.1) is 0 Å². The lowest BCUT2D eigenvalue weighted by molar-refractivity contribution is 0.1000. The van der Waals surface area contributed by atoms with Crippen molar-refractivity contribution in [3.63, 3.8) is 0 Å². The minimum atomic E-state index is -0.482. The van der Waals surface area contributed by atoms with E-state index in [1.165, 1.54) is 12.1 Å². The third-order valence-corrected chi connectivity index (χ3v) is 4.78. The molecule has 1 fully saturated rings. The molecule has 0 saturated carbocycles. The summed E-state index contributed by atoms with van der Waals surface area (Å²) in [5.74, 6) is -0.572. The summed E-state index contributed by atoms with van der Waals surface area (Å²) in [5.41, 5.74) is 0.163. The lowest BCUT2D eigenvalue weighted by Crippen LogP contribution is -2.17. The van der Waals surface area contributed by atoms with Gasteiger partial charge in [0.25, 0.3) is 0 Å². The van der Waals surface area contributed by atoms with Crippen molar-refractivity contribution >= 4 is 27.7 Å². The standard InChI is InChI=1S/C12H13BrF2OS/c13-10-1-2-11(14)9(12(10)15)7-17-8-3-5-16-6-4-8/h1-2,8H,3-7H2. The summed E-state index contributed by atoms with van der Waals surface area (Å²) >= 11 is 4.68. The molecule has 1 aliphatic heterocycles. The first-order valence-corrected chi connectivity index (χ1v) is 7.34. The van der Waals surface area contributed by atoms with Crippen LogP contribution in [0.1, 0.15) is 18.4 Å². The van der Waals surface area contributed by atoms with E-state index < -0.39 is 11.6 Å². The number of thioether (sulfide) groups is 1. The van der Waals surface area contributed by atoms with Gasteiger partial charge in [0.1, 0.15) is 11.6 Å². The van der Waals surface area contributed by atoms with Crippen LogP contribution in [0, 0.1) is 11.6 Å². The summed E-state index contributed by atoms with van der Waals surface area (Å²) in [5, 5.41) is 0.446. The van der Waals surface area contributed by atoms with E-state index in [1.807, 2.05) is 0 Å². The van der Waals surface area contributed by atoms with Crippen molar-refractivity contribution in [2.24, 2.45) is 0 Å². The Labute approximate surface area is 112 Å². The SMILES string of the molecule is Fc1ccc(Br)c(F)c1CSC1CCOCC1. The van der Waals surface area contributed by atoms with Gasteiger partial charge in [0.2, 0.25) is 0 Å². The fraction of sp³-hybridized carbons (Fsp3) is 0.500. The average molecular weight is 323 g/mol. The van der Waals surface area contributed by atoms with E-state index >= 15 is 0 Å². The van der Waals surface area contributed by atoms with E-state index in [1.54, 1.807) is 11.8 Å². The van der Waals surface area contributed by atoms with E-state index in [0.717, 1.165) is 26.1 Å². The molecule has 0 spiro atoms. The van der Waals surface area contributed by atoms with Crippen molar-refractivity contribution < 1.29 is 13.5 Å². The highest BCUT2D eigenvalue weighted by molar-refractivity contribution is 9.10. The minimum absolute atomic E-state index is 0.163. The fourth-order valence-corrected chi connectivity index (χ4v) is 3.31. The monoisotopic (exact) mass is 322 g/mol. The number of halogens is 3. The second kappa shape index (κ2) is 6.16. The van der Waals surface area contributed by atoms with Crippen molar-refractivity contribution in [2.75, 3.05) is 13.2 Å². The molecule has 0 radical (unpaired) electrons. The van der Waals surface area contributed by atoms with E-state index in [2.05, 4.69) is 15.9 Å². The van der Waals surface area contributed by atoms with Gasteiger partial charge in [-0.25, -0.2) is 8.78 Å². The lowest BCUT2D eigenvalue weighted by atomic mass is 10.2. The molecule has 17 heavy (non-hydrogen) atoms. The van der Waals surface area contributed by atoms with Crippen molar-refractivity contribution in [3.05, 3.63) is 33.8 Å². The van der Waals surface area contributed by atoms with Crippen LogP contribution in [0.15, 0.2) is 16.6 Å². The van der Waals surface area contributed by atoms with Crippen molar-refractivity contribution in [3.8, 4) is 0 Å². The molecule has 1 saturated heterocycles. The molecule has 1 aliphatic rings. The van der Waals surface area contributed by atoms with Crippen LogP contribution in [-0.2, 0) is 10.5 Å². The highest BCUT2D eigenvalue weighted by Crippen LogP contribution is 2.30. The lowest BCUT2D eigenvalue weighted by Gasteiger charge is -2.21. The summed E-state index contributed by atoms with van der Waals surface area (Å²) in [6, 6.07) is 2.69. The Hall–Kier alpha value is -0.130. The predicted octanol–water partition coefficient (Wildman–Crippen LogP) is 4.14. The van der Waals surface area contributed by atoms with Crippen LogP contribution in [0.5, 0.6) is 0 Å². The third-order valence-electron chi connectivity index (χ3n) is 2.77. The van der Waals surface area contributed by atoms with Gasteiger partial charge in [-0.1, -0.05) is 0 Å². The van der Waals surface area contributed by atoms with Crippen LogP contribution in [0.3, 0.4) is 0 Å². The number of hydrogen-bond acceptors (Lipinski definition) is 2. The normalized spacial score (nSPS) is 17.4. The third kappa shape index (κ3) is 3.42. The molecule has 0 N–H and O–H groups in total. The summed E-state index contributed by atoms with van der Waals surface area (Å²) < 4.78 is 32.7. The first-order chi connectivity index (χ1) is 8.18. The maximum atomic E-state index is 13.7. The zero-order chi connectivity index (χ0) is 12.3. The van der Waals surface area contributed by atoms with E-state index in [9.17, 15) is 8.78 Å². The summed E-state index contributed by atoms with van der Waals surface area (Å²) in [6.45, 7) is 1.50. The molecule has 0 aromatic heterocycles. The van der Waals surface area contributed by atoms with E-state index in [0.29, 0.717) is 15.5 Å². The highest BCUT2D eigenvalue weighted by atomic mass is 79.9. The van der Waals surface area contributed by atoms with Crippen molar-refractivity contribution in [1.29, 1.82) is 0 Å². The Morgan fingerprint density at radius 1 is 1.29 bits per heavy atom. The number of hydrogen-bond donors (Lipinski definition) is 0. The van der Waals surface area contributed by atoms with Crippen molar-refractivity contribution in [2.45, 2.75) is 23.8 Å². The summed E-state index contributed by atoms with van der Waals surface area (Å²) in [6.07, 6.45) is 1.92. The molecule has 0 bridgehead atoms. The zero-order valence-corrected chi connectivity index (χ0v) is 11.6. The molecule has 1 aromatic rings. The molecule has 0 unspecified atom stereocenters. The zero-order valence-electron chi connectivity index (χ0n) is 9.22. The summed E-state index contributed by atoms with van der Waals surface area (Å²) in [7, 11) is 0. The van der Waals surface area contributed by atoms with Crippen LogP contribution >= 0.6 is 27.7 Å². The predicted molar refractivity (Wildman–Crippen MR) is 69.2 cm³/mol. The van der Waals surface area contributed by atoms with Gasteiger partial charge in [-0.3, -0.25) is 0 Å². The molecule has 0 amide bonds. The number of rotatable bonds is 3. The molecule has 0 aliphatic carbocycles. The molecule has 5 heteroatoms. The molecular weight excluding hydrogens is 310 g/mol. The van der Waals surface area contributed by atoms with Crippen molar-refractivity contribution in [1.82, 2.24) is 0 Å². The Bertz CT molecular complexity index is 394. The molecule has 1 heterocycles. The fourth-order valence-electron chi connectivity index (χ4n) is 1.75. The quantitative estimate of drug-likeness (QED) is 0.773. The first-order valence-electron chi connectivity index (χ1n) is 5.50. The molecule has 94 valence electrons. The molecule has 0 atom stereocenters. The Morgan fingerprint density at radius 3 is 2.71 bits per heavy atom. The number of ether oxygens (including phenoxy) is 1. The molecule has 2 rings (SSSR count). The molecule has 1 nitrogen and oxygen atoms in total.